The van der Waals surface area contributed by atoms with Crippen LogP contribution in [0.3, 0.4) is 0 Å². The molecule has 2 aromatic carbocycles. The summed E-state index contributed by atoms with van der Waals surface area (Å²) in [4.78, 5) is 24.2. The van der Waals surface area contributed by atoms with Crippen LogP contribution >= 0.6 is 0 Å². The number of Topliss-reactive ketones (excluding diaryl/α,β-unsaturated/α-hetero) is 1. The zero-order chi connectivity index (χ0) is 17.3. The quantitative estimate of drug-likeness (QED) is 0.876. The Kier molecular flexibility index (Phi) is 3.99. The molecule has 1 aliphatic rings. The highest BCUT2D eigenvalue weighted by Gasteiger charge is 2.45. The fourth-order valence-electron chi connectivity index (χ4n) is 2.33. The van der Waals surface area contributed by atoms with Gasteiger partial charge in [0.05, 0.1) is 6.42 Å². The summed E-state index contributed by atoms with van der Waals surface area (Å²) in [5, 5.41) is 10.3. The van der Waals surface area contributed by atoms with Crippen LogP contribution in [0.15, 0.2) is 54.6 Å². The van der Waals surface area contributed by atoms with Gasteiger partial charge in [-0.15, -0.1) is 0 Å². The van der Waals surface area contributed by atoms with Crippen molar-refractivity contribution in [3.05, 3.63) is 77.4 Å². The van der Waals surface area contributed by atoms with E-state index in [1.54, 1.807) is 0 Å². The van der Waals surface area contributed by atoms with Crippen LogP contribution in [0, 0.1) is 11.6 Å². The Labute approximate surface area is 136 Å². The average molecular weight is 330 g/mol. The molecule has 0 spiro atoms. The van der Waals surface area contributed by atoms with Crippen molar-refractivity contribution in [2.45, 2.75) is 12.2 Å². The SMILES string of the molecule is O=C(C[C@]1(O)OC(c2ccc(F)cc2)=CC1=O)c1ccc(F)cc1. The second kappa shape index (κ2) is 5.98. The molecule has 1 atom stereocenters. The normalized spacial score (nSPS) is 19.8. The van der Waals surface area contributed by atoms with Crippen LogP contribution in [0.1, 0.15) is 22.3 Å². The maximum atomic E-state index is 12.9. The molecular weight excluding hydrogens is 318 g/mol. The molecule has 4 nitrogen and oxygen atoms in total. The predicted molar refractivity (Wildman–Crippen MR) is 80.8 cm³/mol. The lowest BCUT2D eigenvalue weighted by Crippen LogP contribution is -2.38. The van der Waals surface area contributed by atoms with Gasteiger partial charge in [-0.25, -0.2) is 8.78 Å². The number of halogens is 2. The van der Waals surface area contributed by atoms with Crippen LogP contribution in [0.5, 0.6) is 0 Å². The summed E-state index contributed by atoms with van der Waals surface area (Å²) in [6, 6.07) is 9.89. The fraction of sp³-hybridized carbons (Fsp3) is 0.111. The highest BCUT2D eigenvalue weighted by Crippen LogP contribution is 2.33. The first-order valence-corrected chi connectivity index (χ1v) is 7.10. The first-order chi connectivity index (χ1) is 11.4. The Bertz CT molecular complexity index is 825. The Morgan fingerprint density at radius 1 is 1.00 bits per heavy atom. The minimum atomic E-state index is -2.32. The van der Waals surface area contributed by atoms with Gasteiger partial charge in [0.25, 0.3) is 5.79 Å². The summed E-state index contributed by atoms with van der Waals surface area (Å²) in [5.74, 6) is -4.58. The molecular formula is C18H12F2O4. The van der Waals surface area contributed by atoms with Gasteiger partial charge in [-0.2, -0.15) is 0 Å². The lowest BCUT2D eigenvalue weighted by molar-refractivity contribution is -0.167. The number of aliphatic hydroxyl groups is 1. The molecule has 24 heavy (non-hydrogen) atoms. The Morgan fingerprint density at radius 2 is 1.54 bits per heavy atom. The molecule has 0 bridgehead atoms. The smallest absolute Gasteiger partial charge is 0.279 e. The molecule has 122 valence electrons. The Morgan fingerprint density at radius 3 is 2.12 bits per heavy atom. The van der Waals surface area contributed by atoms with Gasteiger partial charge in [0.15, 0.2) is 5.78 Å². The summed E-state index contributed by atoms with van der Waals surface area (Å²) >= 11 is 0. The summed E-state index contributed by atoms with van der Waals surface area (Å²) in [5.41, 5.74) is 0.548. The minimum Gasteiger partial charge on any atom is -0.453 e. The van der Waals surface area contributed by atoms with Gasteiger partial charge in [-0.05, 0) is 48.5 Å². The summed E-state index contributed by atoms with van der Waals surface area (Å²) in [6.45, 7) is 0. The van der Waals surface area contributed by atoms with Crippen molar-refractivity contribution >= 4 is 17.3 Å². The third kappa shape index (κ3) is 3.09. The van der Waals surface area contributed by atoms with Crippen LogP contribution in [-0.4, -0.2) is 22.5 Å². The van der Waals surface area contributed by atoms with E-state index in [0.29, 0.717) is 5.56 Å². The maximum Gasteiger partial charge on any atom is 0.279 e. The van der Waals surface area contributed by atoms with E-state index in [2.05, 4.69) is 0 Å². The van der Waals surface area contributed by atoms with Crippen molar-refractivity contribution in [3.8, 4) is 0 Å². The molecule has 1 heterocycles. The van der Waals surface area contributed by atoms with Crippen molar-refractivity contribution < 1.29 is 28.2 Å². The third-order valence-electron chi connectivity index (χ3n) is 3.62. The molecule has 0 saturated heterocycles. The summed E-state index contributed by atoms with van der Waals surface area (Å²) < 4.78 is 31.1. The van der Waals surface area contributed by atoms with Gasteiger partial charge in [0.1, 0.15) is 17.4 Å². The van der Waals surface area contributed by atoms with Gasteiger partial charge in [0.2, 0.25) is 5.78 Å². The Balaban J connectivity index is 1.77. The van der Waals surface area contributed by atoms with Crippen LogP contribution < -0.4 is 0 Å². The first-order valence-electron chi connectivity index (χ1n) is 7.10. The standard InChI is InChI=1S/C18H12F2O4/c19-13-5-1-11(2-6-13)15(21)10-18(23)17(22)9-16(24-18)12-3-7-14(20)8-4-12/h1-9,23H,10H2/t18-/m0/s1. The second-order valence-corrected chi connectivity index (χ2v) is 5.37. The maximum absolute atomic E-state index is 12.9. The van der Waals surface area contributed by atoms with E-state index in [0.717, 1.165) is 18.2 Å². The largest absolute Gasteiger partial charge is 0.453 e. The lowest BCUT2D eigenvalue weighted by Gasteiger charge is -2.21. The van der Waals surface area contributed by atoms with Crippen molar-refractivity contribution in [1.82, 2.24) is 0 Å². The number of hydrogen-bond acceptors (Lipinski definition) is 4. The topological polar surface area (TPSA) is 63.6 Å². The lowest BCUT2D eigenvalue weighted by atomic mass is 10.0. The van der Waals surface area contributed by atoms with Gasteiger partial charge in [-0.1, -0.05) is 0 Å². The third-order valence-corrected chi connectivity index (χ3v) is 3.62. The van der Waals surface area contributed by atoms with Crippen LogP contribution in [0.4, 0.5) is 8.78 Å². The molecule has 0 aromatic heterocycles. The highest BCUT2D eigenvalue weighted by molar-refractivity contribution is 6.08. The van der Waals surface area contributed by atoms with Crippen LogP contribution in [0.25, 0.3) is 5.76 Å². The summed E-state index contributed by atoms with van der Waals surface area (Å²) in [7, 11) is 0. The van der Waals surface area contributed by atoms with Crippen molar-refractivity contribution in [3.63, 3.8) is 0 Å². The zero-order valence-corrected chi connectivity index (χ0v) is 12.3. The molecule has 0 aliphatic carbocycles. The van der Waals surface area contributed by atoms with E-state index in [4.69, 9.17) is 4.74 Å². The zero-order valence-electron chi connectivity index (χ0n) is 12.3. The number of carbonyl (C=O) groups excluding carboxylic acids is 2. The van der Waals surface area contributed by atoms with Crippen molar-refractivity contribution in [1.29, 1.82) is 0 Å². The fourth-order valence-corrected chi connectivity index (χ4v) is 2.33. The number of carbonyl (C=O) groups is 2. The van der Waals surface area contributed by atoms with Gasteiger partial charge < -0.3 is 9.84 Å². The molecule has 2 aromatic rings. The van der Waals surface area contributed by atoms with E-state index < -0.39 is 35.4 Å². The second-order valence-electron chi connectivity index (χ2n) is 5.37. The van der Waals surface area contributed by atoms with Crippen molar-refractivity contribution in [2.75, 3.05) is 0 Å². The molecule has 1 aliphatic heterocycles. The van der Waals surface area contributed by atoms with Gasteiger partial charge >= 0.3 is 0 Å². The molecule has 3 rings (SSSR count). The number of benzene rings is 2. The van der Waals surface area contributed by atoms with Crippen molar-refractivity contribution in [2.24, 2.45) is 0 Å². The summed E-state index contributed by atoms with van der Waals surface area (Å²) in [6.07, 6.45) is 0.448. The molecule has 0 saturated carbocycles. The molecule has 0 fully saturated rings. The molecule has 0 amide bonds. The Hall–Kier alpha value is -2.86. The number of hydrogen-bond donors (Lipinski definition) is 1. The highest BCUT2D eigenvalue weighted by atomic mass is 19.1. The minimum absolute atomic E-state index is 0.0504. The average Bonchev–Trinajstić information content (AvgIpc) is 2.83. The number of rotatable bonds is 4. The van der Waals surface area contributed by atoms with Crippen LogP contribution in [-0.2, 0) is 9.53 Å². The van der Waals surface area contributed by atoms with E-state index in [1.807, 2.05) is 0 Å². The molecule has 6 heteroatoms. The van der Waals surface area contributed by atoms with E-state index in [1.165, 1.54) is 36.4 Å². The monoisotopic (exact) mass is 330 g/mol. The molecule has 0 radical (unpaired) electrons. The van der Waals surface area contributed by atoms with E-state index in [-0.39, 0.29) is 11.3 Å². The van der Waals surface area contributed by atoms with E-state index in [9.17, 15) is 23.5 Å². The van der Waals surface area contributed by atoms with Crippen LogP contribution in [0.2, 0.25) is 0 Å². The molecule has 0 unspecified atom stereocenters. The number of ketones is 2. The molecule has 1 N–H and O–H groups in total. The number of ether oxygens (including phenoxy) is 1. The predicted octanol–water partition coefficient (Wildman–Crippen LogP) is 2.87. The van der Waals surface area contributed by atoms with Gasteiger partial charge in [0, 0.05) is 17.2 Å². The van der Waals surface area contributed by atoms with E-state index >= 15 is 0 Å². The van der Waals surface area contributed by atoms with Gasteiger partial charge in [-0.3, -0.25) is 9.59 Å². The first kappa shape index (κ1) is 16.0.